The maximum absolute atomic E-state index is 12.9. The fourth-order valence-electron chi connectivity index (χ4n) is 11.2. The normalized spacial score (nSPS) is 12.7. The fourth-order valence-corrected chi connectivity index (χ4v) is 11.2. The van der Waals surface area contributed by atoms with E-state index in [1.54, 1.807) is 0 Å². The first-order chi connectivity index (χ1) is 41.1. The number of nitrogens with zero attached hydrogens (tertiary/aromatic N) is 1. The Hall–Kier alpha value is -2.23. The molecule has 0 bridgehead atoms. The Bertz CT molecular complexity index is 1430. The van der Waals surface area contributed by atoms with Gasteiger partial charge >= 0.3 is 11.9 Å². The van der Waals surface area contributed by atoms with Crippen LogP contribution in [0.25, 0.3) is 0 Å². The van der Waals surface area contributed by atoms with E-state index >= 15 is 0 Å². The van der Waals surface area contributed by atoms with Crippen molar-refractivity contribution in [2.75, 3.05) is 47.5 Å². The molecular formula is C75H143NO8. The van der Waals surface area contributed by atoms with E-state index in [9.17, 15) is 19.5 Å². The van der Waals surface area contributed by atoms with Gasteiger partial charge in [0.15, 0.2) is 12.4 Å². The summed E-state index contributed by atoms with van der Waals surface area (Å²) in [6.07, 6.45) is 80.1. The molecule has 0 radical (unpaired) electrons. The summed E-state index contributed by atoms with van der Waals surface area (Å²) in [6.45, 7) is 4.80. The maximum atomic E-state index is 12.9. The van der Waals surface area contributed by atoms with E-state index in [0.29, 0.717) is 17.4 Å². The number of aliphatic carboxylic acids is 1. The number of quaternary nitrogens is 1. The van der Waals surface area contributed by atoms with Crippen LogP contribution in [0.15, 0.2) is 24.3 Å². The molecule has 0 aliphatic heterocycles. The minimum atomic E-state index is -1.62. The summed E-state index contributed by atoms with van der Waals surface area (Å²) in [5, 5.41) is 11.8. The molecule has 84 heavy (non-hydrogen) atoms. The lowest BCUT2D eigenvalue weighted by atomic mass is 10.0. The van der Waals surface area contributed by atoms with Gasteiger partial charge in [0.05, 0.1) is 40.3 Å². The molecule has 2 unspecified atom stereocenters. The van der Waals surface area contributed by atoms with Crippen molar-refractivity contribution in [3.63, 3.8) is 0 Å². The van der Waals surface area contributed by atoms with Gasteiger partial charge in [-0.2, -0.15) is 0 Å². The second-order valence-electron chi connectivity index (χ2n) is 26.6. The average Bonchev–Trinajstić information content (AvgIpc) is 3.54. The first-order valence-corrected chi connectivity index (χ1v) is 37.0. The molecule has 9 heteroatoms. The molecule has 0 aromatic heterocycles. The summed E-state index contributed by atoms with van der Waals surface area (Å²) >= 11 is 0. The van der Waals surface area contributed by atoms with Gasteiger partial charge in [0.2, 0.25) is 0 Å². The van der Waals surface area contributed by atoms with Gasteiger partial charge in [-0.3, -0.25) is 9.59 Å². The molecule has 0 saturated heterocycles. The second kappa shape index (κ2) is 66.7. The molecule has 2 atom stereocenters. The third kappa shape index (κ3) is 67.3. The van der Waals surface area contributed by atoms with Crippen LogP contribution in [-0.2, 0) is 33.3 Å². The van der Waals surface area contributed by atoms with Crippen molar-refractivity contribution in [2.45, 2.75) is 392 Å². The molecule has 496 valence electrons. The molecule has 0 aliphatic carbocycles. The first kappa shape index (κ1) is 81.8. The van der Waals surface area contributed by atoms with Crippen LogP contribution in [0.4, 0.5) is 0 Å². The Kier molecular flexibility index (Phi) is 64.9. The van der Waals surface area contributed by atoms with Crippen molar-refractivity contribution in [3.8, 4) is 0 Å². The minimum Gasteiger partial charge on any atom is -0.545 e. The zero-order valence-corrected chi connectivity index (χ0v) is 56.8. The number of carbonyl (C=O) groups is 3. The number of unbranched alkanes of at least 4 members (excludes halogenated alkanes) is 51. The molecule has 0 amide bonds. The third-order valence-electron chi connectivity index (χ3n) is 16.9. The van der Waals surface area contributed by atoms with Crippen LogP contribution in [-0.4, -0.2) is 82.3 Å². The predicted octanol–water partition coefficient (Wildman–Crippen LogP) is 21.6. The lowest BCUT2D eigenvalue weighted by Crippen LogP contribution is -2.44. The Morgan fingerprint density at radius 3 is 0.881 bits per heavy atom. The van der Waals surface area contributed by atoms with Crippen LogP contribution < -0.4 is 5.11 Å². The zero-order chi connectivity index (χ0) is 61.2. The predicted molar refractivity (Wildman–Crippen MR) is 357 cm³/mol. The monoisotopic (exact) mass is 1190 g/mol. The molecule has 0 heterocycles. The molecule has 9 nitrogen and oxygen atoms in total. The number of allylic oxidation sites excluding steroid dienone is 4. The summed E-state index contributed by atoms with van der Waals surface area (Å²) in [7, 11) is 5.94. The fraction of sp³-hybridized carbons (Fsp3) is 0.907. The highest BCUT2D eigenvalue weighted by molar-refractivity contribution is 5.70. The Labute approximate surface area is 522 Å². The van der Waals surface area contributed by atoms with E-state index in [1.807, 2.05) is 21.1 Å². The molecule has 0 aliphatic rings. The van der Waals surface area contributed by atoms with Gasteiger partial charge in [-0.05, 0) is 64.2 Å². The van der Waals surface area contributed by atoms with Crippen molar-refractivity contribution in [3.05, 3.63) is 24.3 Å². The van der Waals surface area contributed by atoms with Gasteiger partial charge in [0.1, 0.15) is 13.2 Å². The van der Waals surface area contributed by atoms with Gasteiger partial charge in [0, 0.05) is 12.8 Å². The van der Waals surface area contributed by atoms with Crippen molar-refractivity contribution in [1.29, 1.82) is 0 Å². The topological polar surface area (TPSA) is 111 Å². The number of ether oxygens (including phenoxy) is 4. The van der Waals surface area contributed by atoms with Crippen LogP contribution >= 0.6 is 0 Å². The highest BCUT2D eigenvalue weighted by Crippen LogP contribution is 2.19. The number of rotatable bonds is 70. The molecule has 0 aromatic rings. The number of likely N-dealkylation sites (N-methyl/N-ethyl adjacent to an activating group) is 1. The largest absolute Gasteiger partial charge is 0.545 e. The summed E-state index contributed by atoms with van der Waals surface area (Å²) in [4.78, 5) is 37.4. The Morgan fingerprint density at radius 2 is 0.607 bits per heavy atom. The van der Waals surface area contributed by atoms with Crippen molar-refractivity contribution in [2.24, 2.45) is 0 Å². The van der Waals surface area contributed by atoms with Gasteiger partial charge in [-0.25, -0.2) is 0 Å². The van der Waals surface area contributed by atoms with E-state index in [0.717, 1.165) is 38.5 Å². The first-order valence-electron chi connectivity index (χ1n) is 37.0. The summed E-state index contributed by atoms with van der Waals surface area (Å²) < 4.78 is 22.8. The highest BCUT2D eigenvalue weighted by atomic mass is 16.7. The van der Waals surface area contributed by atoms with Crippen molar-refractivity contribution < 1.29 is 42.9 Å². The number of hydrogen-bond acceptors (Lipinski definition) is 8. The molecule has 0 fully saturated rings. The summed E-state index contributed by atoms with van der Waals surface area (Å²) in [5.74, 6) is -2.26. The number of carboxylic acid groups (broad SMARTS) is 1. The summed E-state index contributed by atoms with van der Waals surface area (Å²) in [6, 6.07) is 0. The molecule has 0 aromatic carbocycles. The van der Waals surface area contributed by atoms with Crippen molar-refractivity contribution in [1.82, 2.24) is 0 Å². The Morgan fingerprint density at radius 1 is 0.345 bits per heavy atom. The second-order valence-corrected chi connectivity index (χ2v) is 26.6. The zero-order valence-electron chi connectivity index (χ0n) is 56.8. The third-order valence-corrected chi connectivity index (χ3v) is 16.9. The molecule has 0 rings (SSSR count). The number of hydrogen-bond donors (Lipinski definition) is 0. The van der Waals surface area contributed by atoms with Gasteiger partial charge in [0.25, 0.3) is 0 Å². The van der Waals surface area contributed by atoms with E-state index in [2.05, 4.69) is 38.2 Å². The van der Waals surface area contributed by atoms with Crippen LogP contribution in [0.5, 0.6) is 0 Å². The number of carboxylic acids is 1. The van der Waals surface area contributed by atoms with Crippen LogP contribution in [0.2, 0.25) is 0 Å². The van der Waals surface area contributed by atoms with Crippen molar-refractivity contribution >= 4 is 17.9 Å². The van der Waals surface area contributed by atoms with Crippen LogP contribution in [0, 0.1) is 0 Å². The molecule has 0 N–H and O–H groups in total. The smallest absolute Gasteiger partial charge is 0.306 e. The SMILES string of the molecule is CCCCCCCCC/C=C\CCCCCCCCCC(=O)OCC(COC(OCC[N+](C)(C)C)C(=O)[O-])OC(=O)CCCCCCCCCCCCCCCCCCCCCCCCCCCCCCC/C=C\CCCCCCCCCC. The minimum absolute atomic E-state index is 0.150. The average molecular weight is 1190 g/mol. The quantitative estimate of drug-likeness (QED) is 0.0195. The van der Waals surface area contributed by atoms with Gasteiger partial charge in [-0.1, -0.05) is 327 Å². The van der Waals surface area contributed by atoms with E-state index in [4.69, 9.17) is 18.9 Å². The summed E-state index contributed by atoms with van der Waals surface area (Å²) in [5.41, 5.74) is 0. The van der Waals surface area contributed by atoms with Crippen LogP contribution in [0.1, 0.15) is 380 Å². The van der Waals surface area contributed by atoms with Gasteiger partial charge < -0.3 is 33.3 Å². The standard InChI is InChI=1S/C75H143NO8/c1-6-8-10-12-14-16-18-20-22-24-26-27-28-29-30-31-32-33-34-35-36-37-38-39-40-41-42-43-44-45-46-47-48-50-52-54-56-58-60-62-64-66-73(78)84-71(70-83-75(74(79)80)81-68-67-76(3,4)5)69-82-72(77)65-63-61-59-57-55-53-51-49-25-23-21-19-17-15-13-11-9-7-2/h23-26,71,75H,6-22,27-70H2,1-5H3/b25-23-,26-24-. The van der Waals surface area contributed by atoms with E-state index in [-0.39, 0.29) is 32.2 Å². The van der Waals surface area contributed by atoms with Crippen LogP contribution in [0.3, 0.4) is 0 Å². The number of esters is 2. The maximum Gasteiger partial charge on any atom is 0.306 e. The highest BCUT2D eigenvalue weighted by Gasteiger charge is 2.22. The molecular weight excluding hydrogens is 1040 g/mol. The lowest BCUT2D eigenvalue weighted by molar-refractivity contribution is -0.870. The lowest BCUT2D eigenvalue weighted by Gasteiger charge is -2.26. The Balaban J connectivity index is 3.90. The van der Waals surface area contributed by atoms with Gasteiger partial charge in [-0.15, -0.1) is 0 Å². The van der Waals surface area contributed by atoms with E-state index < -0.39 is 24.3 Å². The number of carbonyl (C=O) groups excluding carboxylic acids is 3. The molecule has 0 spiro atoms. The van der Waals surface area contributed by atoms with E-state index in [1.165, 1.54) is 315 Å². The molecule has 0 saturated carbocycles.